The van der Waals surface area contributed by atoms with Crippen molar-refractivity contribution in [3.8, 4) is 0 Å². The smallest absolute Gasteiger partial charge is 0.253 e. The average Bonchev–Trinajstić information content (AvgIpc) is 2.32. The van der Waals surface area contributed by atoms with E-state index < -0.39 is 0 Å². The summed E-state index contributed by atoms with van der Waals surface area (Å²) in [4.78, 5) is 14.2. The molecule has 0 saturated carbocycles. The van der Waals surface area contributed by atoms with Gasteiger partial charge in [-0.15, -0.1) is 0 Å². The Hall–Kier alpha value is -1.51. The lowest BCUT2D eigenvalue weighted by molar-refractivity contribution is 0.0683. The molecule has 1 aromatic carbocycles. The van der Waals surface area contributed by atoms with E-state index in [-0.39, 0.29) is 5.91 Å². The minimum absolute atomic E-state index is 0.114. The quantitative estimate of drug-likeness (QED) is 0.756. The van der Waals surface area contributed by atoms with Crippen molar-refractivity contribution in [2.24, 2.45) is 5.92 Å². The van der Waals surface area contributed by atoms with Gasteiger partial charge in [-0.1, -0.05) is 13.0 Å². The molecule has 0 bridgehead atoms. The van der Waals surface area contributed by atoms with Crippen molar-refractivity contribution in [1.29, 1.82) is 0 Å². The maximum Gasteiger partial charge on any atom is 0.253 e. The number of anilines is 1. The maximum absolute atomic E-state index is 12.3. The van der Waals surface area contributed by atoms with Crippen LogP contribution in [0.15, 0.2) is 18.2 Å². The van der Waals surface area contributed by atoms with Crippen LogP contribution in [0.4, 0.5) is 5.69 Å². The van der Waals surface area contributed by atoms with Crippen molar-refractivity contribution >= 4 is 11.6 Å². The topological polar surface area (TPSA) is 46.3 Å². The van der Waals surface area contributed by atoms with Crippen LogP contribution in [0.25, 0.3) is 0 Å². The molecule has 0 radical (unpaired) electrons. The summed E-state index contributed by atoms with van der Waals surface area (Å²) in [5.41, 5.74) is 8.27. The Kier molecular flexibility index (Phi) is 3.36. The zero-order valence-corrected chi connectivity index (χ0v) is 10.6. The van der Waals surface area contributed by atoms with Crippen molar-refractivity contribution in [1.82, 2.24) is 4.90 Å². The van der Waals surface area contributed by atoms with Crippen molar-refractivity contribution in [3.63, 3.8) is 0 Å². The molecule has 1 aliphatic heterocycles. The number of carbonyl (C=O) groups is 1. The zero-order valence-electron chi connectivity index (χ0n) is 10.6. The van der Waals surface area contributed by atoms with Crippen LogP contribution in [0.3, 0.4) is 0 Å². The number of hydrogen-bond donors (Lipinski definition) is 1. The van der Waals surface area contributed by atoms with Gasteiger partial charge in [-0.25, -0.2) is 0 Å². The monoisotopic (exact) mass is 232 g/mol. The van der Waals surface area contributed by atoms with Crippen LogP contribution in [-0.4, -0.2) is 23.9 Å². The second-order valence-corrected chi connectivity index (χ2v) is 5.07. The number of nitrogens with zero attached hydrogens (tertiary/aromatic N) is 1. The number of nitrogens with two attached hydrogens (primary N) is 1. The highest BCUT2D eigenvalue weighted by Gasteiger charge is 2.22. The molecule has 0 spiro atoms. The fourth-order valence-corrected chi connectivity index (χ4v) is 2.33. The molecular weight excluding hydrogens is 212 g/mol. The number of amides is 1. The van der Waals surface area contributed by atoms with E-state index >= 15 is 0 Å². The summed E-state index contributed by atoms with van der Waals surface area (Å²) in [6, 6.07) is 5.57. The molecule has 2 N–H and O–H groups in total. The molecule has 1 fully saturated rings. The van der Waals surface area contributed by atoms with Crippen LogP contribution in [-0.2, 0) is 0 Å². The molecule has 1 aliphatic rings. The van der Waals surface area contributed by atoms with Gasteiger partial charge in [0.1, 0.15) is 0 Å². The molecule has 17 heavy (non-hydrogen) atoms. The Bertz CT molecular complexity index is 428. The summed E-state index contributed by atoms with van der Waals surface area (Å²) in [5.74, 6) is 0.721. The van der Waals surface area contributed by atoms with Gasteiger partial charge in [0, 0.05) is 24.3 Å². The summed E-state index contributed by atoms with van der Waals surface area (Å²) in [6.45, 7) is 5.89. The third kappa shape index (κ3) is 2.60. The summed E-state index contributed by atoms with van der Waals surface area (Å²) in [7, 11) is 0. The zero-order chi connectivity index (χ0) is 12.4. The van der Waals surface area contributed by atoms with E-state index in [1.54, 1.807) is 6.07 Å². The Morgan fingerprint density at radius 1 is 1.47 bits per heavy atom. The second kappa shape index (κ2) is 4.78. The standard InChI is InChI=1S/C14H20N2O/c1-10-4-3-7-16(9-10)14(17)12-6-5-11(2)13(15)8-12/h5-6,8,10H,3-4,7,9,15H2,1-2H3. The van der Waals surface area contributed by atoms with Gasteiger partial charge in [-0.3, -0.25) is 4.79 Å². The van der Waals surface area contributed by atoms with Crippen molar-refractivity contribution < 1.29 is 4.79 Å². The normalized spacial score (nSPS) is 20.4. The number of likely N-dealkylation sites (tertiary alicyclic amines) is 1. The van der Waals surface area contributed by atoms with Crippen molar-refractivity contribution in [2.75, 3.05) is 18.8 Å². The number of carbonyl (C=O) groups excluding carboxylic acids is 1. The van der Waals surface area contributed by atoms with Crippen LogP contribution < -0.4 is 5.73 Å². The van der Waals surface area contributed by atoms with Crippen molar-refractivity contribution in [3.05, 3.63) is 29.3 Å². The van der Waals surface area contributed by atoms with Gasteiger partial charge in [0.05, 0.1) is 0 Å². The summed E-state index contributed by atoms with van der Waals surface area (Å²) < 4.78 is 0. The first-order chi connectivity index (χ1) is 8.08. The lowest BCUT2D eigenvalue weighted by Gasteiger charge is -2.31. The van der Waals surface area contributed by atoms with Crippen LogP contribution in [0.5, 0.6) is 0 Å². The Balaban J connectivity index is 2.15. The average molecular weight is 232 g/mol. The van der Waals surface area contributed by atoms with E-state index in [9.17, 15) is 4.79 Å². The summed E-state index contributed by atoms with van der Waals surface area (Å²) in [6.07, 6.45) is 2.33. The number of rotatable bonds is 1. The SMILES string of the molecule is Cc1ccc(C(=O)N2CCCC(C)C2)cc1N. The molecule has 1 unspecified atom stereocenters. The molecule has 1 aromatic rings. The Morgan fingerprint density at radius 2 is 2.24 bits per heavy atom. The van der Waals surface area contributed by atoms with E-state index in [0.29, 0.717) is 17.2 Å². The minimum atomic E-state index is 0.114. The fraction of sp³-hybridized carbons (Fsp3) is 0.500. The second-order valence-electron chi connectivity index (χ2n) is 5.07. The number of benzene rings is 1. The predicted molar refractivity (Wildman–Crippen MR) is 69.9 cm³/mol. The molecule has 0 aliphatic carbocycles. The van der Waals surface area contributed by atoms with Crippen molar-refractivity contribution in [2.45, 2.75) is 26.7 Å². The van der Waals surface area contributed by atoms with E-state index in [1.807, 2.05) is 24.0 Å². The van der Waals surface area contributed by atoms with Gasteiger partial charge in [-0.2, -0.15) is 0 Å². The number of aryl methyl sites for hydroxylation is 1. The van der Waals surface area contributed by atoms with E-state index in [1.165, 1.54) is 6.42 Å². The van der Waals surface area contributed by atoms with Crippen LogP contribution in [0.1, 0.15) is 35.7 Å². The van der Waals surface area contributed by atoms with Gasteiger partial charge in [0.25, 0.3) is 5.91 Å². The first-order valence-electron chi connectivity index (χ1n) is 6.23. The molecule has 1 amide bonds. The molecule has 1 saturated heterocycles. The summed E-state index contributed by atoms with van der Waals surface area (Å²) >= 11 is 0. The number of hydrogen-bond acceptors (Lipinski definition) is 2. The molecule has 1 atom stereocenters. The maximum atomic E-state index is 12.3. The predicted octanol–water partition coefficient (Wildman–Crippen LogP) is 2.45. The molecular formula is C14H20N2O. The van der Waals surface area contributed by atoms with Gasteiger partial charge >= 0.3 is 0 Å². The van der Waals surface area contributed by atoms with Crippen LogP contribution in [0, 0.1) is 12.8 Å². The minimum Gasteiger partial charge on any atom is -0.398 e. The highest BCUT2D eigenvalue weighted by Crippen LogP contribution is 2.20. The van der Waals surface area contributed by atoms with E-state index in [0.717, 1.165) is 25.1 Å². The van der Waals surface area contributed by atoms with Gasteiger partial charge < -0.3 is 10.6 Å². The highest BCUT2D eigenvalue weighted by atomic mass is 16.2. The molecule has 2 rings (SSSR count). The van der Waals surface area contributed by atoms with Gasteiger partial charge in [0.2, 0.25) is 0 Å². The van der Waals surface area contributed by atoms with Crippen LogP contribution >= 0.6 is 0 Å². The van der Waals surface area contributed by atoms with Gasteiger partial charge in [0.15, 0.2) is 0 Å². The molecule has 3 nitrogen and oxygen atoms in total. The van der Waals surface area contributed by atoms with E-state index in [2.05, 4.69) is 6.92 Å². The lowest BCUT2D eigenvalue weighted by Crippen LogP contribution is -2.39. The number of piperidine rings is 1. The first-order valence-corrected chi connectivity index (χ1v) is 6.23. The molecule has 92 valence electrons. The largest absolute Gasteiger partial charge is 0.398 e. The lowest BCUT2D eigenvalue weighted by atomic mass is 9.99. The van der Waals surface area contributed by atoms with Crippen LogP contribution in [0.2, 0.25) is 0 Å². The highest BCUT2D eigenvalue weighted by molar-refractivity contribution is 5.95. The molecule has 3 heteroatoms. The fourth-order valence-electron chi connectivity index (χ4n) is 2.33. The third-order valence-electron chi connectivity index (χ3n) is 3.47. The number of nitrogen functional groups attached to an aromatic ring is 1. The Morgan fingerprint density at radius 3 is 2.88 bits per heavy atom. The first kappa shape index (κ1) is 12.0. The Labute approximate surface area is 103 Å². The summed E-state index contributed by atoms with van der Waals surface area (Å²) in [5, 5.41) is 0. The van der Waals surface area contributed by atoms with Gasteiger partial charge in [-0.05, 0) is 43.4 Å². The molecule has 1 heterocycles. The molecule has 0 aromatic heterocycles. The van der Waals surface area contributed by atoms with E-state index in [4.69, 9.17) is 5.73 Å². The third-order valence-corrected chi connectivity index (χ3v) is 3.47.